The van der Waals surface area contributed by atoms with Crippen LogP contribution in [-0.2, 0) is 13.5 Å². The zero-order valence-electron chi connectivity index (χ0n) is 9.55. The van der Waals surface area contributed by atoms with Gasteiger partial charge in [0.1, 0.15) is 0 Å². The highest BCUT2D eigenvalue weighted by atomic mass is 16.1. The number of carbonyl (C=O) groups is 1. The first-order chi connectivity index (χ1) is 8.22. The van der Waals surface area contributed by atoms with Gasteiger partial charge in [0.15, 0.2) is 5.78 Å². The molecule has 84 valence electrons. The molecule has 0 fully saturated rings. The number of benzene rings is 1. The molecule has 0 spiro atoms. The first-order valence-corrected chi connectivity index (χ1v) is 5.34. The van der Waals surface area contributed by atoms with Gasteiger partial charge in [0.25, 0.3) is 0 Å². The van der Waals surface area contributed by atoms with E-state index in [1.807, 2.05) is 29.8 Å². The fourth-order valence-electron chi connectivity index (χ4n) is 1.75. The summed E-state index contributed by atoms with van der Waals surface area (Å²) in [6.45, 7) is 0. The lowest BCUT2D eigenvalue weighted by Crippen LogP contribution is -1.99. The van der Waals surface area contributed by atoms with Crippen LogP contribution in [0.3, 0.4) is 0 Å². The van der Waals surface area contributed by atoms with Crippen LogP contribution in [0.1, 0.15) is 21.6 Å². The molecule has 1 aromatic carbocycles. The normalized spacial score (nSPS) is 9.88. The molecule has 0 atom stereocenters. The van der Waals surface area contributed by atoms with Crippen molar-refractivity contribution in [2.24, 2.45) is 7.05 Å². The first kappa shape index (κ1) is 11.2. The van der Waals surface area contributed by atoms with E-state index in [9.17, 15) is 4.79 Å². The highest BCUT2D eigenvalue weighted by Gasteiger charge is 2.12. The number of nitrogens with zero attached hydrogens (tertiary/aromatic N) is 2. The van der Waals surface area contributed by atoms with Crippen molar-refractivity contribution >= 4 is 5.78 Å². The molecule has 1 aromatic heterocycles. The minimum Gasteiger partial charge on any atom is -0.353 e. The predicted molar refractivity (Wildman–Crippen MR) is 64.6 cm³/mol. The van der Waals surface area contributed by atoms with E-state index in [1.54, 1.807) is 24.4 Å². The van der Waals surface area contributed by atoms with E-state index >= 15 is 0 Å². The van der Waals surface area contributed by atoms with Gasteiger partial charge in [0.2, 0.25) is 0 Å². The lowest BCUT2D eigenvalue weighted by atomic mass is 10.1. The lowest BCUT2D eigenvalue weighted by molar-refractivity contribution is 0.103. The largest absolute Gasteiger partial charge is 0.353 e. The van der Waals surface area contributed by atoms with Crippen LogP contribution in [0, 0.1) is 11.3 Å². The first-order valence-electron chi connectivity index (χ1n) is 5.34. The molecule has 0 bridgehead atoms. The number of aromatic nitrogens is 1. The number of hydrogen-bond donors (Lipinski definition) is 0. The second-order valence-electron chi connectivity index (χ2n) is 3.86. The monoisotopic (exact) mass is 224 g/mol. The molecule has 2 aromatic rings. The maximum atomic E-state index is 12.1. The molecule has 0 N–H and O–H groups in total. The molecule has 0 amide bonds. The van der Waals surface area contributed by atoms with E-state index in [4.69, 9.17) is 5.26 Å². The Morgan fingerprint density at radius 1 is 1.29 bits per heavy atom. The molecule has 17 heavy (non-hydrogen) atoms. The van der Waals surface area contributed by atoms with E-state index in [2.05, 4.69) is 6.07 Å². The summed E-state index contributed by atoms with van der Waals surface area (Å²) >= 11 is 0. The van der Waals surface area contributed by atoms with Crippen LogP contribution in [0.5, 0.6) is 0 Å². The Labute approximate surface area is 99.9 Å². The van der Waals surface area contributed by atoms with Crippen molar-refractivity contribution < 1.29 is 4.79 Å². The number of hydrogen-bond acceptors (Lipinski definition) is 2. The van der Waals surface area contributed by atoms with Gasteiger partial charge in [-0.3, -0.25) is 4.79 Å². The van der Waals surface area contributed by atoms with Crippen molar-refractivity contribution in [3.63, 3.8) is 0 Å². The highest BCUT2D eigenvalue weighted by molar-refractivity contribution is 6.09. The number of ketones is 1. The van der Waals surface area contributed by atoms with Crippen molar-refractivity contribution in [2.75, 3.05) is 0 Å². The molecule has 3 heteroatoms. The second kappa shape index (κ2) is 4.67. The average Bonchev–Trinajstić information content (AvgIpc) is 2.72. The molecule has 3 nitrogen and oxygen atoms in total. The van der Waals surface area contributed by atoms with Crippen LogP contribution in [0.15, 0.2) is 42.6 Å². The molecule has 0 saturated carbocycles. The fraction of sp³-hybridized carbons (Fsp3) is 0.143. The molecule has 0 aliphatic heterocycles. The lowest BCUT2D eigenvalue weighted by Gasteiger charge is -1.96. The number of rotatable bonds is 3. The van der Waals surface area contributed by atoms with Gasteiger partial charge in [0, 0.05) is 30.1 Å². The summed E-state index contributed by atoms with van der Waals surface area (Å²) in [5.74, 6) is -0.00890. The minimum absolute atomic E-state index is 0.00890. The standard InChI is InChI=1S/C14H12N2O/c1-16-10-12(9-13(16)7-8-15)14(17)11-5-3-2-4-6-11/h2-6,9-10H,7H2,1H3. The summed E-state index contributed by atoms with van der Waals surface area (Å²) in [4.78, 5) is 12.1. The van der Waals surface area contributed by atoms with E-state index in [1.165, 1.54) is 0 Å². The van der Waals surface area contributed by atoms with Crippen LogP contribution < -0.4 is 0 Å². The second-order valence-corrected chi connectivity index (χ2v) is 3.86. The molecular formula is C14H12N2O. The maximum absolute atomic E-state index is 12.1. The Hall–Kier alpha value is -2.34. The van der Waals surface area contributed by atoms with Gasteiger partial charge in [-0.15, -0.1) is 0 Å². The van der Waals surface area contributed by atoms with Crippen LogP contribution in [0.25, 0.3) is 0 Å². The van der Waals surface area contributed by atoms with Crippen LogP contribution >= 0.6 is 0 Å². The molecule has 2 rings (SSSR count). The van der Waals surface area contributed by atoms with Crippen molar-refractivity contribution in [2.45, 2.75) is 6.42 Å². The summed E-state index contributed by atoms with van der Waals surface area (Å²) in [6, 6.07) is 13.0. The fourth-order valence-corrected chi connectivity index (χ4v) is 1.75. The smallest absolute Gasteiger partial charge is 0.194 e. The highest BCUT2D eigenvalue weighted by Crippen LogP contribution is 2.13. The third kappa shape index (κ3) is 2.26. The summed E-state index contributed by atoms with van der Waals surface area (Å²) in [5, 5.41) is 8.66. The molecule has 0 aliphatic carbocycles. The molecular weight excluding hydrogens is 212 g/mol. The summed E-state index contributed by atoms with van der Waals surface area (Å²) in [6.07, 6.45) is 2.08. The molecule has 1 heterocycles. The SMILES string of the molecule is Cn1cc(C(=O)c2ccccc2)cc1CC#N. The zero-order valence-corrected chi connectivity index (χ0v) is 9.55. The minimum atomic E-state index is -0.00890. The summed E-state index contributed by atoms with van der Waals surface area (Å²) < 4.78 is 1.82. The van der Waals surface area contributed by atoms with Crippen molar-refractivity contribution in [3.8, 4) is 6.07 Å². The quantitative estimate of drug-likeness (QED) is 0.751. The van der Waals surface area contributed by atoms with E-state index in [0.717, 1.165) is 5.69 Å². The van der Waals surface area contributed by atoms with Gasteiger partial charge in [-0.1, -0.05) is 30.3 Å². The Bertz CT molecular complexity index is 576. The van der Waals surface area contributed by atoms with E-state index in [-0.39, 0.29) is 5.78 Å². The Balaban J connectivity index is 2.33. The van der Waals surface area contributed by atoms with Gasteiger partial charge >= 0.3 is 0 Å². The molecule has 0 unspecified atom stereocenters. The van der Waals surface area contributed by atoms with E-state index < -0.39 is 0 Å². The molecule has 0 radical (unpaired) electrons. The van der Waals surface area contributed by atoms with Crippen LogP contribution in [0.2, 0.25) is 0 Å². The predicted octanol–water partition coefficient (Wildman–Crippen LogP) is 2.32. The van der Waals surface area contributed by atoms with Gasteiger partial charge in [0.05, 0.1) is 12.5 Å². The number of aryl methyl sites for hydroxylation is 1. The average molecular weight is 224 g/mol. The van der Waals surface area contributed by atoms with Crippen molar-refractivity contribution in [3.05, 3.63) is 59.4 Å². The third-order valence-corrected chi connectivity index (χ3v) is 2.67. The van der Waals surface area contributed by atoms with Crippen LogP contribution in [-0.4, -0.2) is 10.4 Å². The topological polar surface area (TPSA) is 45.8 Å². The third-order valence-electron chi connectivity index (χ3n) is 2.67. The maximum Gasteiger partial charge on any atom is 0.194 e. The van der Waals surface area contributed by atoms with Gasteiger partial charge in [-0.2, -0.15) is 5.26 Å². The number of carbonyl (C=O) groups excluding carboxylic acids is 1. The Kier molecular flexibility index (Phi) is 3.06. The number of nitriles is 1. The Morgan fingerprint density at radius 3 is 2.65 bits per heavy atom. The van der Waals surface area contributed by atoms with Crippen molar-refractivity contribution in [1.29, 1.82) is 5.26 Å². The molecule has 0 saturated heterocycles. The van der Waals surface area contributed by atoms with Crippen molar-refractivity contribution in [1.82, 2.24) is 4.57 Å². The molecule has 0 aliphatic rings. The Morgan fingerprint density at radius 2 is 2.00 bits per heavy atom. The van der Waals surface area contributed by atoms with Gasteiger partial charge in [-0.05, 0) is 6.07 Å². The summed E-state index contributed by atoms with van der Waals surface area (Å²) in [5.41, 5.74) is 2.15. The van der Waals surface area contributed by atoms with E-state index in [0.29, 0.717) is 17.5 Å². The van der Waals surface area contributed by atoms with Gasteiger partial charge < -0.3 is 4.57 Å². The zero-order chi connectivity index (χ0) is 12.3. The van der Waals surface area contributed by atoms with Gasteiger partial charge in [-0.25, -0.2) is 0 Å². The van der Waals surface area contributed by atoms with Crippen LogP contribution in [0.4, 0.5) is 0 Å². The summed E-state index contributed by atoms with van der Waals surface area (Å²) in [7, 11) is 1.84.